The van der Waals surface area contributed by atoms with Crippen molar-refractivity contribution in [2.45, 2.75) is 45.6 Å². The molecule has 1 aliphatic rings. The Morgan fingerprint density at radius 3 is 2.84 bits per heavy atom. The number of alkyl halides is 1. The van der Waals surface area contributed by atoms with E-state index in [0.29, 0.717) is 5.88 Å². The molecule has 0 aromatic carbocycles. The molecule has 0 unspecified atom stereocenters. The molecule has 1 aliphatic carbocycles. The van der Waals surface area contributed by atoms with Crippen molar-refractivity contribution in [1.82, 2.24) is 19.3 Å². The van der Waals surface area contributed by atoms with Crippen LogP contribution in [0.5, 0.6) is 0 Å². The van der Waals surface area contributed by atoms with Gasteiger partial charge in [-0.3, -0.25) is 4.68 Å². The Bertz CT molecular complexity index is 580. The third-order valence-electron chi connectivity index (χ3n) is 3.98. The molecule has 2 heterocycles. The lowest BCUT2D eigenvalue weighted by molar-refractivity contribution is 0.560. The van der Waals surface area contributed by atoms with Gasteiger partial charge >= 0.3 is 0 Å². The maximum Gasteiger partial charge on any atom is 0.158 e. The van der Waals surface area contributed by atoms with Crippen LogP contribution in [0.3, 0.4) is 0 Å². The lowest BCUT2D eigenvalue weighted by Gasteiger charge is -2.08. The SMILES string of the molecule is Cc1nn(C)c2c1nc(CCCl)n2CCCC1CC1. The van der Waals surface area contributed by atoms with Crippen LogP contribution in [-0.4, -0.2) is 25.2 Å². The molecule has 0 amide bonds. The highest BCUT2D eigenvalue weighted by Gasteiger charge is 2.21. The molecule has 1 fully saturated rings. The summed E-state index contributed by atoms with van der Waals surface area (Å²) in [4.78, 5) is 4.73. The highest BCUT2D eigenvalue weighted by Crippen LogP contribution is 2.33. The van der Waals surface area contributed by atoms with Gasteiger partial charge in [-0.15, -0.1) is 11.6 Å². The Morgan fingerprint density at radius 1 is 1.37 bits per heavy atom. The van der Waals surface area contributed by atoms with Gasteiger partial charge in [0, 0.05) is 25.9 Å². The molecule has 0 atom stereocenters. The fourth-order valence-electron chi connectivity index (χ4n) is 2.83. The van der Waals surface area contributed by atoms with Crippen LogP contribution in [0.2, 0.25) is 0 Å². The number of hydrogen-bond donors (Lipinski definition) is 0. The Morgan fingerprint density at radius 2 is 2.16 bits per heavy atom. The smallest absolute Gasteiger partial charge is 0.158 e. The molecular weight excluding hydrogens is 260 g/mol. The molecule has 0 aliphatic heterocycles. The maximum atomic E-state index is 5.90. The minimum absolute atomic E-state index is 0.623. The van der Waals surface area contributed by atoms with Gasteiger partial charge in [-0.2, -0.15) is 5.10 Å². The van der Waals surface area contributed by atoms with Crippen LogP contribution in [0.4, 0.5) is 0 Å². The van der Waals surface area contributed by atoms with Crippen molar-refractivity contribution in [2.24, 2.45) is 13.0 Å². The number of fused-ring (bicyclic) bond motifs is 1. The van der Waals surface area contributed by atoms with Gasteiger partial charge in [0.1, 0.15) is 11.3 Å². The van der Waals surface area contributed by atoms with Crippen LogP contribution in [-0.2, 0) is 20.0 Å². The summed E-state index contributed by atoms with van der Waals surface area (Å²) >= 11 is 5.90. The minimum atomic E-state index is 0.623. The van der Waals surface area contributed by atoms with Gasteiger partial charge in [-0.05, 0) is 25.7 Å². The van der Waals surface area contributed by atoms with E-state index in [9.17, 15) is 0 Å². The van der Waals surface area contributed by atoms with Crippen LogP contribution in [0.25, 0.3) is 11.2 Å². The summed E-state index contributed by atoms with van der Waals surface area (Å²) in [5.41, 5.74) is 3.19. The van der Waals surface area contributed by atoms with Crippen LogP contribution in [0, 0.1) is 12.8 Å². The first-order valence-electron chi connectivity index (χ1n) is 7.15. The van der Waals surface area contributed by atoms with Crippen LogP contribution in [0.1, 0.15) is 37.2 Å². The average Bonchev–Trinajstić information content (AvgIpc) is 3.06. The molecule has 4 nitrogen and oxygen atoms in total. The van der Waals surface area contributed by atoms with Gasteiger partial charge in [-0.1, -0.05) is 12.8 Å². The number of rotatable bonds is 6. The molecular formula is C14H21ClN4. The van der Waals surface area contributed by atoms with Gasteiger partial charge in [-0.25, -0.2) is 4.98 Å². The highest BCUT2D eigenvalue weighted by atomic mass is 35.5. The molecule has 19 heavy (non-hydrogen) atoms. The first kappa shape index (κ1) is 13.0. The molecule has 2 aromatic heterocycles. The predicted molar refractivity (Wildman–Crippen MR) is 77.6 cm³/mol. The topological polar surface area (TPSA) is 35.6 Å². The predicted octanol–water partition coefficient (Wildman–Crippen LogP) is 3.05. The van der Waals surface area contributed by atoms with Crippen molar-refractivity contribution in [3.05, 3.63) is 11.5 Å². The lowest BCUT2D eigenvalue weighted by Crippen LogP contribution is -2.08. The summed E-state index contributed by atoms with van der Waals surface area (Å²) in [6.45, 7) is 3.06. The number of hydrogen-bond acceptors (Lipinski definition) is 2. The fraction of sp³-hybridized carbons (Fsp3) is 0.714. The molecule has 5 heteroatoms. The molecule has 3 rings (SSSR count). The van der Waals surface area contributed by atoms with Gasteiger partial charge < -0.3 is 4.57 Å². The molecule has 0 radical (unpaired) electrons. The first-order valence-corrected chi connectivity index (χ1v) is 7.69. The second-order valence-electron chi connectivity index (χ2n) is 5.59. The molecule has 2 aromatic rings. The van der Waals surface area contributed by atoms with Crippen LogP contribution in [0.15, 0.2) is 0 Å². The van der Waals surface area contributed by atoms with E-state index in [1.54, 1.807) is 0 Å². The van der Waals surface area contributed by atoms with E-state index < -0.39 is 0 Å². The Labute approximate surface area is 118 Å². The third-order valence-corrected chi connectivity index (χ3v) is 4.17. The summed E-state index contributed by atoms with van der Waals surface area (Å²) in [6, 6.07) is 0. The van der Waals surface area contributed by atoms with E-state index in [1.807, 2.05) is 18.7 Å². The summed E-state index contributed by atoms with van der Waals surface area (Å²) < 4.78 is 4.27. The van der Waals surface area contributed by atoms with Gasteiger partial charge in [0.05, 0.1) is 5.69 Å². The first-order chi connectivity index (χ1) is 9.20. The second-order valence-corrected chi connectivity index (χ2v) is 5.96. The van der Waals surface area contributed by atoms with Crippen molar-refractivity contribution in [3.63, 3.8) is 0 Å². The Hall–Kier alpha value is -1.03. The van der Waals surface area contributed by atoms with Crippen LogP contribution < -0.4 is 0 Å². The van der Waals surface area contributed by atoms with Crippen molar-refractivity contribution >= 4 is 22.8 Å². The summed E-state index contributed by atoms with van der Waals surface area (Å²) in [7, 11) is 2.00. The quantitative estimate of drug-likeness (QED) is 0.763. The van der Waals surface area contributed by atoms with Crippen molar-refractivity contribution < 1.29 is 0 Å². The standard InChI is InChI=1S/C14H21ClN4/c1-10-13-14(18(2)17-10)19(12(16-13)7-8-15)9-3-4-11-5-6-11/h11H,3-9H2,1-2H3. The van der Waals surface area contributed by atoms with E-state index in [2.05, 4.69) is 9.67 Å². The number of aryl methyl sites for hydroxylation is 4. The number of imidazole rings is 1. The van der Waals surface area contributed by atoms with E-state index in [1.165, 1.54) is 25.7 Å². The molecule has 0 N–H and O–H groups in total. The molecule has 0 spiro atoms. The summed E-state index contributed by atoms with van der Waals surface area (Å²) in [6.07, 6.45) is 6.27. The molecule has 0 bridgehead atoms. The maximum absolute atomic E-state index is 5.90. The third kappa shape index (κ3) is 2.50. The summed E-state index contributed by atoms with van der Waals surface area (Å²) in [5, 5.41) is 4.47. The highest BCUT2D eigenvalue weighted by molar-refractivity contribution is 6.17. The Kier molecular flexibility index (Phi) is 3.52. The lowest BCUT2D eigenvalue weighted by atomic mass is 10.2. The van der Waals surface area contributed by atoms with Gasteiger partial charge in [0.15, 0.2) is 5.65 Å². The largest absolute Gasteiger partial charge is 0.313 e. The molecule has 1 saturated carbocycles. The minimum Gasteiger partial charge on any atom is -0.313 e. The molecule has 0 saturated heterocycles. The van der Waals surface area contributed by atoms with E-state index in [4.69, 9.17) is 16.6 Å². The fourth-order valence-corrected chi connectivity index (χ4v) is 3.00. The van der Waals surface area contributed by atoms with Gasteiger partial charge in [0.25, 0.3) is 0 Å². The normalized spacial score (nSPS) is 15.5. The van der Waals surface area contributed by atoms with Crippen molar-refractivity contribution in [3.8, 4) is 0 Å². The Balaban J connectivity index is 1.89. The number of aromatic nitrogens is 4. The van der Waals surface area contributed by atoms with Crippen LogP contribution >= 0.6 is 11.6 Å². The second kappa shape index (κ2) is 5.16. The molecule has 104 valence electrons. The van der Waals surface area contributed by atoms with E-state index >= 15 is 0 Å². The van der Waals surface area contributed by atoms with Gasteiger partial charge in [0.2, 0.25) is 0 Å². The monoisotopic (exact) mass is 280 g/mol. The zero-order valence-corrected chi connectivity index (χ0v) is 12.4. The van der Waals surface area contributed by atoms with E-state index in [-0.39, 0.29) is 0 Å². The van der Waals surface area contributed by atoms with Crippen molar-refractivity contribution in [2.75, 3.05) is 5.88 Å². The average molecular weight is 281 g/mol. The van der Waals surface area contributed by atoms with E-state index in [0.717, 1.165) is 41.6 Å². The zero-order chi connectivity index (χ0) is 13.4. The summed E-state index contributed by atoms with van der Waals surface area (Å²) in [5.74, 6) is 2.72. The number of nitrogens with zero attached hydrogens (tertiary/aromatic N) is 4. The number of halogens is 1. The zero-order valence-electron chi connectivity index (χ0n) is 11.7. The van der Waals surface area contributed by atoms with Crippen molar-refractivity contribution in [1.29, 1.82) is 0 Å².